The zero-order chi connectivity index (χ0) is 17.1. The van der Waals surface area contributed by atoms with Crippen molar-refractivity contribution in [3.8, 4) is 5.69 Å². The van der Waals surface area contributed by atoms with Gasteiger partial charge >= 0.3 is 0 Å². The highest BCUT2D eigenvalue weighted by Gasteiger charge is 2.25. The lowest BCUT2D eigenvalue weighted by molar-refractivity contribution is 0.0921. The summed E-state index contributed by atoms with van der Waals surface area (Å²) in [6.07, 6.45) is 10.2. The predicted molar refractivity (Wildman–Crippen MR) is 90.1 cm³/mol. The molecule has 1 amide bonds. The molecule has 4 rings (SSSR count). The van der Waals surface area contributed by atoms with Crippen molar-refractivity contribution < 1.29 is 4.79 Å². The van der Waals surface area contributed by atoms with E-state index < -0.39 is 0 Å². The summed E-state index contributed by atoms with van der Waals surface area (Å²) in [6.45, 7) is 0. The number of nitrogens with one attached hydrogen (secondary N) is 1. The number of benzene rings is 1. The fourth-order valence-corrected chi connectivity index (χ4v) is 3.35. The van der Waals surface area contributed by atoms with Gasteiger partial charge in [-0.25, -0.2) is 19.3 Å². The van der Waals surface area contributed by atoms with Crippen LogP contribution < -0.4 is 5.32 Å². The predicted octanol–water partition coefficient (Wildman–Crippen LogP) is 1.77. The van der Waals surface area contributed by atoms with E-state index in [1.165, 1.54) is 6.33 Å². The molecule has 1 saturated carbocycles. The lowest BCUT2D eigenvalue weighted by atomic mass is 9.91. The smallest absolute Gasteiger partial charge is 0.253 e. The average molecular weight is 337 g/mol. The van der Waals surface area contributed by atoms with Crippen LogP contribution in [0.4, 0.5) is 0 Å². The third kappa shape index (κ3) is 3.28. The van der Waals surface area contributed by atoms with Gasteiger partial charge in [0.15, 0.2) is 0 Å². The van der Waals surface area contributed by atoms with Crippen LogP contribution in [0.15, 0.2) is 49.6 Å². The minimum absolute atomic E-state index is 0.0738. The van der Waals surface area contributed by atoms with Crippen molar-refractivity contribution in [2.24, 2.45) is 0 Å². The molecule has 3 aromatic rings. The van der Waals surface area contributed by atoms with Gasteiger partial charge in [0.25, 0.3) is 5.91 Å². The average Bonchev–Trinajstić information content (AvgIpc) is 3.36. The van der Waals surface area contributed by atoms with E-state index >= 15 is 0 Å². The fourth-order valence-electron chi connectivity index (χ4n) is 3.35. The van der Waals surface area contributed by atoms with E-state index in [1.807, 2.05) is 28.9 Å². The quantitative estimate of drug-likeness (QED) is 0.783. The van der Waals surface area contributed by atoms with Crippen LogP contribution in [0.2, 0.25) is 0 Å². The second-order valence-electron chi connectivity index (χ2n) is 6.21. The third-order valence-electron chi connectivity index (χ3n) is 4.66. The summed E-state index contributed by atoms with van der Waals surface area (Å²) in [7, 11) is 0. The number of para-hydroxylation sites is 1. The molecule has 0 aliphatic heterocycles. The van der Waals surface area contributed by atoms with Crippen LogP contribution in [0.5, 0.6) is 0 Å². The third-order valence-corrected chi connectivity index (χ3v) is 4.66. The Bertz CT molecular complexity index is 821. The van der Waals surface area contributed by atoms with E-state index in [0.717, 1.165) is 31.4 Å². The van der Waals surface area contributed by atoms with Crippen LogP contribution >= 0.6 is 0 Å². The summed E-state index contributed by atoms with van der Waals surface area (Å²) < 4.78 is 3.52. The second kappa shape index (κ2) is 6.84. The Morgan fingerprint density at radius 3 is 2.48 bits per heavy atom. The summed E-state index contributed by atoms with van der Waals surface area (Å²) in [5, 5.41) is 11.5. The van der Waals surface area contributed by atoms with Crippen LogP contribution in [-0.4, -0.2) is 41.5 Å². The molecule has 0 spiro atoms. The topological polar surface area (TPSA) is 90.5 Å². The van der Waals surface area contributed by atoms with Gasteiger partial charge in [-0.3, -0.25) is 4.79 Å². The molecule has 128 valence electrons. The van der Waals surface area contributed by atoms with E-state index in [2.05, 4.69) is 25.5 Å². The van der Waals surface area contributed by atoms with Crippen LogP contribution in [0.1, 0.15) is 42.1 Å². The molecule has 8 nitrogen and oxygen atoms in total. The van der Waals surface area contributed by atoms with Crippen LogP contribution in [0.3, 0.4) is 0 Å². The number of amides is 1. The van der Waals surface area contributed by atoms with E-state index in [9.17, 15) is 4.79 Å². The Balaban J connectivity index is 1.42. The Kier molecular flexibility index (Phi) is 4.24. The molecule has 1 aromatic carbocycles. The van der Waals surface area contributed by atoms with Gasteiger partial charge in [0.2, 0.25) is 0 Å². The number of carbonyl (C=O) groups is 1. The molecule has 1 aliphatic rings. The number of hydrogen-bond donors (Lipinski definition) is 1. The molecule has 0 atom stereocenters. The Hall–Kier alpha value is -3.03. The van der Waals surface area contributed by atoms with Crippen LogP contribution in [0, 0.1) is 0 Å². The zero-order valence-electron chi connectivity index (χ0n) is 13.7. The largest absolute Gasteiger partial charge is 0.349 e. The maximum Gasteiger partial charge on any atom is 0.253 e. The lowest BCUT2D eigenvalue weighted by Gasteiger charge is -2.29. The first-order chi connectivity index (χ1) is 12.3. The highest BCUT2D eigenvalue weighted by atomic mass is 16.1. The van der Waals surface area contributed by atoms with Crippen molar-refractivity contribution in [1.29, 1.82) is 0 Å². The van der Waals surface area contributed by atoms with Crippen molar-refractivity contribution >= 4 is 5.91 Å². The van der Waals surface area contributed by atoms with Gasteiger partial charge in [0.1, 0.15) is 25.3 Å². The molecule has 1 N–H and O–H groups in total. The number of rotatable bonds is 4. The first-order valence-corrected chi connectivity index (χ1v) is 8.40. The summed E-state index contributed by atoms with van der Waals surface area (Å²) in [4.78, 5) is 20.7. The van der Waals surface area contributed by atoms with Crippen molar-refractivity contribution in [2.75, 3.05) is 0 Å². The number of aromatic nitrogens is 6. The van der Waals surface area contributed by atoms with E-state index in [0.29, 0.717) is 11.6 Å². The first kappa shape index (κ1) is 15.5. The molecule has 0 saturated heterocycles. The monoisotopic (exact) mass is 337 g/mol. The van der Waals surface area contributed by atoms with Gasteiger partial charge < -0.3 is 5.32 Å². The van der Waals surface area contributed by atoms with E-state index in [1.54, 1.807) is 23.7 Å². The zero-order valence-corrected chi connectivity index (χ0v) is 13.7. The standard InChI is InChI=1S/C17H19N7O/c25-17(15-3-1-2-4-16(15)24-12-19-10-21-24)22-13-5-7-14(8-6-13)23-11-18-9-20-23/h1-4,9-14H,5-8H2,(H,22,25). The van der Waals surface area contributed by atoms with Gasteiger partial charge in [-0.2, -0.15) is 10.2 Å². The highest BCUT2D eigenvalue weighted by Crippen LogP contribution is 2.27. The molecule has 2 aromatic heterocycles. The molecule has 0 bridgehead atoms. The molecule has 0 radical (unpaired) electrons. The number of hydrogen-bond acceptors (Lipinski definition) is 5. The minimum atomic E-state index is -0.0738. The molecular formula is C17H19N7O. The summed E-state index contributed by atoms with van der Waals surface area (Å²) in [6, 6.07) is 7.97. The molecule has 25 heavy (non-hydrogen) atoms. The maximum atomic E-state index is 12.7. The summed E-state index contributed by atoms with van der Waals surface area (Å²) >= 11 is 0. The second-order valence-corrected chi connectivity index (χ2v) is 6.21. The van der Waals surface area contributed by atoms with Crippen LogP contribution in [-0.2, 0) is 0 Å². The van der Waals surface area contributed by atoms with Gasteiger partial charge in [0.05, 0.1) is 17.3 Å². The fraction of sp³-hybridized carbons (Fsp3) is 0.353. The summed E-state index contributed by atoms with van der Waals surface area (Å²) in [5.74, 6) is -0.0738. The molecule has 8 heteroatoms. The minimum Gasteiger partial charge on any atom is -0.349 e. The highest BCUT2D eigenvalue weighted by molar-refractivity contribution is 5.97. The number of carbonyl (C=O) groups excluding carboxylic acids is 1. The van der Waals surface area contributed by atoms with Gasteiger partial charge in [-0.05, 0) is 37.8 Å². The number of nitrogens with zero attached hydrogens (tertiary/aromatic N) is 6. The SMILES string of the molecule is O=C(NC1CCC(n2cncn2)CC1)c1ccccc1-n1cncn1. The van der Waals surface area contributed by atoms with Crippen molar-refractivity contribution in [2.45, 2.75) is 37.8 Å². The van der Waals surface area contributed by atoms with Crippen molar-refractivity contribution in [3.63, 3.8) is 0 Å². The van der Waals surface area contributed by atoms with Crippen LogP contribution in [0.25, 0.3) is 5.69 Å². The normalized spacial score (nSPS) is 20.3. The lowest BCUT2D eigenvalue weighted by Crippen LogP contribution is -2.38. The van der Waals surface area contributed by atoms with Gasteiger partial charge in [0, 0.05) is 6.04 Å². The molecular weight excluding hydrogens is 318 g/mol. The molecule has 2 heterocycles. The first-order valence-electron chi connectivity index (χ1n) is 8.40. The van der Waals surface area contributed by atoms with E-state index in [4.69, 9.17) is 0 Å². The van der Waals surface area contributed by atoms with Gasteiger partial charge in [-0.1, -0.05) is 12.1 Å². The van der Waals surface area contributed by atoms with E-state index in [-0.39, 0.29) is 11.9 Å². The Morgan fingerprint density at radius 1 is 1.00 bits per heavy atom. The summed E-state index contributed by atoms with van der Waals surface area (Å²) in [5.41, 5.74) is 1.33. The molecule has 0 unspecified atom stereocenters. The Morgan fingerprint density at radius 2 is 1.76 bits per heavy atom. The van der Waals surface area contributed by atoms with Crippen molar-refractivity contribution in [1.82, 2.24) is 34.8 Å². The van der Waals surface area contributed by atoms with Gasteiger partial charge in [-0.15, -0.1) is 0 Å². The molecule has 1 aliphatic carbocycles. The Labute approximate surface area is 144 Å². The molecule has 1 fully saturated rings. The maximum absolute atomic E-state index is 12.7. The van der Waals surface area contributed by atoms with Crippen molar-refractivity contribution in [3.05, 3.63) is 55.1 Å².